The largest absolute Gasteiger partial charge is 0.508 e. The smallest absolute Gasteiger partial charge is 0.408 e. The topological polar surface area (TPSA) is 108 Å². The molecule has 35 heavy (non-hydrogen) atoms. The highest BCUT2D eigenvalue weighted by molar-refractivity contribution is 5.92. The van der Waals surface area contributed by atoms with Crippen LogP contribution in [0.2, 0.25) is 0 Å². The number of benzene rings is 1. The van der Waals surface area contributed by atoms with Crippen molar-refractivity contribution in [1.82, 2.24) is 15.5 Å². The number of phenols is 1. The molecule has 3 N–H and O–H groups in total. The first kappa shape index (κ1) is 30.3. The molecule has 0 aromatic heterocycles. The van der Waals surface area contributed by atoms with Crippen molar-refractivity contribution in [3.8, 4) is 5.75 Å². The summed E-state index contributed by atoms with van der Waals surface area (Å²) in [5.41, 5.74) is -0.208. The van der Waals surface area contributed by atoms with Gasteiger partial charge in [-0.1, -0.05) is 52.7 Å². The summed E-state index contributed by atoms with van der Waals surface area (Å²) < 4.78 is 5.42. The van der Waals surface area contributed by atoms with Crippen molar-refractivity contribution < 1.29 is 24.2 Å². The molecule has 0 saturated carbocycles. The second-order valence-corrected chi connectivity index (χ2v) is 10.2. The van der Waals surface area contributed by atoms with Gasteiger partial charge in [-0.25, -0.2) is 4.79 Å². The first-order valence-electron chi connectivity index (χ1n) is 12.7. The second-order valence-electron chi connectivity index (χ2n) is 10.2. The van der Waals surface area contributed by atoms with E-state index in [2.05, 4.69) is 10.6 Å². The average Bonchev–Trinajstić information content (AvgIpc) is 2.78. The van der Waals surface area contributed by atoms with Crippen LogP contribution >= 0.6 is 0 Å². The highest BCUT2D eigenvalue weighted by Crippen LogP contribution is 2.29. The minimum absolute atomic E-state index is 0.00997. The maximum Gasteiger partial charge on any atom is 0.408 e. The van der Waals surface area contributed by atoms with Gasteiger partial charge in [0.2, 0.25) is 11.8 Å². The quantitative estimate of drug-likeness (QED) is 0.360. The van der Waals surface area contributed by atoms with Gasteiger partial charge in [0, 0.05) is 12.6 Å². The molecule has 198 valence electrons. The molecule has 1 aromatic rings. The Balaban J connectivity index is 3.50. The standard InChI is InChI=1S/C27H45N3O5/c1-9-12-16-28-24(32)23(20-14-13-15-21(31)17-20)30(19(5)11-3)25(33)22(18(4)10-2)29-26(34)35-27(6,7)8/h13-15,17-19,22-23,31H,9-12,16H2,1-8H3,(H,28,32)(H,29,34). The highest BCUT2D eigenvalue weighted by atomic mass is 16.6. The first-order valence-corrected chi connectivity index (χ1v) is 12.7. The maximum absolute atomic E-state index is 14.1. The number of unbranched alkanes of at least 4 members (excludes halogenated alkanes) is 1. The number of alkyl carbamates (subject to hydrolysis) is 1. The van der Waals surface area contributed by atoms with Crippen molar-refractivity contribution >= 4 is 17.9 Å². The number of aromatic hydroxyl groups is 1. The highest BCUT2D eigenvalue weighted by Gasteiger charge is 2.40. The minimum Gasteiger partial charge on any atom is -0.508 e. The van der Waals surface area contributed by atoms with Crippen molar-refractivity contribution in [2.75, 3.05) is 6.54 Å². The van der Waals surface area contributed by atoms with Crippen LogP contribution in [0.5, 0.6) is 5.75 Å². The Bertz CT molecular complexity index is 836. The van der Waals surface area contributed by atoms with Crippen LogP contribution in [0.25, 0.3) is 0 Å². The van der Waals surface area contributed by atoms with E-state index in [0.717, 1.165) is 12.8 Å². The minimum atomic E-state index is -0.964. The first-order chi connectivity index (χ1) is 16.4. The van der Waals surface area contributed by atoms with E-state index in [1.54, 1.807) is 37.8 Å². The number of phenolic OH excluding ortho intramolecular Hbond substituents is 1. The number of hydrogen-bond acceptors (Lipinski definition) is 5. The molecular formula is C27H45N3O5. The van der Waals surface area contributed by atoms with E-state index in [1.165, 1.54) is 12.1 Å². The number of rotatable bonds is 12. The summed E-state index contributed by atoms with van der Waals surface area (Å²) in [6.45, 7) is 15.5. The number of carbonyl (C=O) groups is 3. The van der Waals surface area contributed by atoms with Crippen LogP contribution in [0.1, 0.15) is 92.7 Å². The summed E-state index contributed by atoms with van der Waals surface area (Å²) in [5.74, 6) is -0.873. The fourth-order valence-corrected chi connectivity index (χ4v) is 3.69. The molecule has 0 spiro atoms. The van der Waals surface area contributed by atoms with Gasteiger partial charge >= 0.3 is 6.09 Å². The van der Waals surface area contributed by atoms with E-state index in [0.29, 0.717) is 24.9 Å². The molecule has 8 nitrogen and oxygen atoms in total. The molecule has 0 heterocycles. The fourth-order valence-electron chi connectivity index (χ4n) is 3.69. The lowest BCUT2D eigenvalue weighted by atomic mass is 9.94. The normalized spacial score (nSPS) is 14.9. The number of amides is 3. The van der Waals surface area contributed by atoms with Gasteiger partial charge in [-0.3, -0.25) is 9.59 Å². The third kappa shape index (κ3) is 9.42. The molecule has 3 amide bonds. The molecule has 0 radical (unpaired) electrons. The molecule has 8 heteroatoms. The monoisotopic (exact) mass is 491 g/mol. The molecule has 0 aliphatic heterocycles. The molecule has 0 saturated heterocycles. The Hall–Kier alpha value is -2.77. The molecule has 0 fully saturated rings. The SMILES string of the molecule is CCCCNC(=O)C(c1cccc(O)c1)N(C(=O)C(NC(=O)OC(C)(C)C)C(C)CC)C(C)CC. The maximum atomic E-state index is 14.1. The van der Waals surface area contributed by atoms with Crippen molar-refractivity contribution in [1.29, 1.82) is 0 Å². The van der Waals surface area contributed by atoms with Crippen LogP contribution < -0.4 is 10.6 Å². The van der Waals surface area contributed by atoms with Gasteiger partial charge in [-0.15, -0.1) is 0 Å². The Morgan fingerprint density at radius 2 is 1.74 bits per heavy atom. The van der Waals surface area contributed by atoms with E-state index in [9.17, 15) is 19.5 Å². The van der Waals surface area contributed by atoms with Crippen LogP contribution in [0, 0.1) is 5.92 Å². The van der Waals surface area contributed by atoms with Crippen molar-refractivity contribution in [2.24, 2.45) is 5.92 Å². The van der Waals surface area contributed by atoms with E-state index >= 15 is 0 Å². The van der Waals surface area contributed by atoms with Crippen LogP contribution in [-0.2, 0) is 14.3 Å². The van der Waals surface area contributed by atoms with Gasteiger partial charge in [0.25, 0.3) is 0 Å². The summed E-state index contributed by atoms with van der Waals surface area (Å²) in [6.07, 6.45) is 2.29. The zero-order valence-corrected chi connectivity index (χ0v) is 22.7. The average molecular weight is 492 g/mol. The molecular weight excluding hydrogens is 446 g/mol. The molecule has 0 bridgehead atoms. The van der Waals surface area contributed by atoms with Crippen molar-refractivity contribution in [3.05, 3.63) is 29.8 Å². The number of hydrogen-bond donors (Lipinski definition) is 3. The molecule has 4 unspecified atom stereocenters. The number of nitrogens with zero attached hydrogens (tertiary/aromatic N) is 1. The van der Waals surface area contributed by atoms with Crippen LogP contribution in [0.15, 0.2) is 24.3 Å². The lowest BCUT2D eigenvalue weighted by Crippen LogP contribution is -2.57. The van der Waals surface area contributed by atoms with E-state index in [-0.39, 0.29) is 29.5 Å². The summed E-state index contributed by atoms with van der Waals surface area (Å²) >= 11 is 0. The summed E-state index contributed by atoms with van der Waals surface area (Å²) in [7, 11) is 0. The Labute approximate surface area is 210 Å². The van der Waals surface area contributed by atoms with E-state index < -0.39 is 23.8 Å². The van der Waals surface area contributed by atoms with E-state index in [4.69, 9.17) is 4.74 Å². The Morgan fingerprint density at radius 3 is 2.26 bits per heavy atom. The predicted octanol–water partition coefficient (Wildman–Crippen LogP) is 4.92. The Morgan fingerprint density at radius 1 is 1.09 bits per heavy atom. The predicted molar refractivity (Wildman–Crippen MR) is 138 cm³/mol. The second kappa shape index (κ2) is 14.0. The number of ether oxygens (including phenoxy) is 1. The molecule has 0 aliphatic rings. The van der Waals surface area contributed by atoms with Gasteiger partial charge < -0.3 is 25.4 Å². The summed E-state index contributed by atoms with van der Waals surface area (Å²) in [4.78, 5) is 41.7. The van der Waals surface area contributed by atoms with Crippen molar-refractivity contribution in [2.45, 2.75) is 105 Å². The van der Waals surface area contributed by atoms with Gasteiger partial charge in [0.15, 0.2) is 0 Å². The van der Waals surface area contributed by atoms with E-state index in [1.807, 2.05) is 34.6 Å². The summed E-state index contributed by atoms with van der Waals surface area (Å²) in [6, 6.07) is 4.26. The van der Waals surface area contributed by atoms with Gasteiger partial charge in [0.05, 0.1) is 0 Å². The molecule has 1 aromatic carbocycles. The third-order valence-corrected chi connectivity index (χ3v) is 6.01. The van der Waals surface area contributed by atoms with Gasteiger partial charge in [-0.2, -0.15) is 0 Å². The molecule has 4 atom stereocenters. The molecule has 1 rings (SSSR count). The van der Waals surface area contributed by atoms with Crippen LogP contribution in [0.4, 0.5) is 4.79 Å². The lowest BCUT2D eigenvalue weighted by molar-refractivity contribution is -0.146. The van der Waals surface area contributed by atoms with Gasteiger partial charge in [-0.05, 0) is 64.2 Å². The molecule has 0 aliphatic carbocycles. The third-order valence-electron chi connectivity index (χ3n) is 6.01. The van der Waals surface area contributed by atoms with Crippen LogP contribution in [0.3, 0.4) is 0 Å². The lowest BCUT2D eigenvalue weighted by Gasteiger charge is -2.39. The number of carbonyl (C=O) groups excluding carboxylic acids is 3. The van der Waals surface area contributed by atoms with Crippen molar-refractivity contribution in [3.63, 3.8) is 0 Å². The Kier molecular flexibility index (Phi) is 12.1. The van der Waals surface area contributed by atoms with Crippen LogP contribution in [-0.4, -0.2) is 52.1 Å². The fraction of sp³-hybridized carbons (Fsp3) is 0.667. The zero-order chi connectivity index (χ0) is 26.8. The number of nitrogens with one attached hydrogen (secondary N) is 2. The zero-order valence-electron chi connectivity index (χ0n) is 22.7. The van der Waals surface area contributed by atoms with Gasteiger partial charge in [0.1, 0.15) is 23.4 Å². The summed E-state index contributed by atoms with van der Waals surface area (Å²) in [5, 5.41) is 15.8.